The number of rotatable bonds is 4. The molecule has 0 radical (unpaired) electrons. The standard InChI is InChI=1S/C34H23NS/c1-2-9-24(10-3-1)29-15-7-16-30-33-31(17-8-18-32(33)36-34(29)30)35-26-21-19-25(20-22-26)28-14-6-12-23-11-4-5-13-27(23)28/h1-22,35H. The van der Waals surface area contributed by atoms with E-state index in [9.17, 15) is 0 Å². The van der Waals surface area contributed by atoms with E-state index < -0.39 is 0 Å². The number of hydrogen-bond acceptors (Lipinski definition) is 2. The molecular formula is C34H23NS. The maximum absolute atomic E-state index is 3.71. The molecule has 6 aromatic carbocycles. The van der Waals surface area contributed by atoms with Crippen molar-refractivity contribution in [1.82, 2.24) is 0 Å². The van der Waals surface area contributed by atoms with E-state index in [1.807, 2.05) is 11.3 Å². The molecule has 1 heterocycles. The first-order chi connectivity index (χ1) is 17.8. The third-order valence-corrected chi connectivity index (χ3v) is 8.08. The minimum Gasteiger partial charge on any atom is -0.355 e. The number of hydrogen-bond donors (Lipinski definition) is 1. The average molecular weight is 478 g/mol. The lowest BCUT2D eigenvalue weighted by Gasteiger charge is -2.11. The summed E-state index contributed by atoms with van der Waals surface area (Å²) in [7, 11) is 0. The Morgan fingerprint density at radius 2 is 1.14 bits per heavy atom. The van der Waals surface area contributed by atoms with Crippen LogP contribution in [0.1, 0.15) is 0 Å². The second-order valence-electron chi connectivity index (χ2n) is 9.06. The molecule has 7 aromatic rings. The molecule has 2 heteroatoms. The third-order valence-electron chi connectivity index (χ3n) is 6.87. The van der Waals surface area contributed by atoms with Crippen molar-refractivity contribution in [1.29, 1.82) is 0 Å². The molecule has 0 bridgehead atoms. The van der Waals surface area contributed by atoms with Gasteiger partial charge in [-0.15, -0.1) is 11.3 Å². The SMILES string of the molecule is c1ccc(-c2cccc3c2sc2cccc(Nc4ccc(-c5cccc6ccccc56)cc4)c23)cc1. The number of nitrogens with one attached hydrogen (secondary N) is 1. The Labute approximate surface area is 214 Å². The van der Waals surface area contributed by atoms with Crippen molar-refractivity contribution in [2.45, 2.75) is 0 Å². The van der Waals surface area contributed by atoms with E-state index in [0.717, 1.165) is 11.4 Å². The maximum Gasteiger partial charge on any atom is 0.0478 e. The van der Waals surface area contributed by atoms with Crippen molar-refractivity contribution in [2.24, 2.45) is 0 Å². The Bertz CT molecular complexity index is 1840. The average Bonchev–Trinajstić information content (AvgIpc) is 3.34. The predicted molar refractivity (Wildman–Crippen MR) is 157 cm³/mol. The van der Waals surface area contributed by atoms with Gasteiger partial charge in [0.05, 0.1) is 0 Å². The molecule has 0 saturated heterocycles. The topological polar surface area (TPSA) is 12.0 Å². The number of anilines is 2. The Morgan fingerprint density at radius 3 is 2.03 bits per heavy atom. The Kier molecular flexibility index (Phi) is 5.04. The van der Waals surface area contributed by atoms with Gasteiger partial charge < -0.3 is 5.32 Å². The Morgan fingerprint density at radius 1 is 0.472 bits per heavy atom. The van der Waals surface area contributed by atoms with Crippen molar-refractivity contribution in [2.75, 3.05) is 5.32 Å². The molecule has 0 amide bonds. The zero-order valence-electron chi connectivity index (χ0n) is 19.6. The number of benzene rings is 6. The molecule has 0 aliphatic carbocycles. The van der Waals surface area contributed by atoms with Gasteiger partial charge in [-0.05, 0) is 57.3 Å². The summed E-state index contributed by atoms with van der Waals surface area (Å²) in [6.45, 7) is 0. The fourth-order valence-corrected chi connectivity index (χ4v) is 6.43. The van der Waals surface area contributed by atoms with Crippen molar-refractivity contribution < 1.29 is 0 Å². The van der Waals surface area contributed by atoms with E-state index in [2.05, 4.69) is 139 Å². The van der Waals surface area contributed by atoms with Crippen LogP contribution in [0.4, 0.5) is 11.4 Å². The van der Waals surface area contributed by atoms with Crippen LogP contribution in [0.15, 0.2) is 133 Å². The summed E-state index contributed by atoms with van der Waals surface area (Å²) in [5.74, 6) is 0. The van der Waals surface area contributed by atoms with Crippen LogP contribution in [0.5, 0.6) is 0 Å². The second-order valence-corrected chi connectivity index (χ2v) is 10.1. The fourth-order valence-electron chi connectivity index (χ4n) is 5.16. The first-order valence-corrected chi connectivity index (χ1v) is 13.0. The molecule has 170 valence electrons. The molecule has 0 aliphatic heterocycles. The fraction of sp³-hybridized carbons (Fsp3) is 0. The first-order valence-electron chi connectivity index (χ1n) is 12.2. The molecule has 0 saturated carbocycles. The summed E-state index contributed by atoms with van der Waals surface area (Å²) < 4.78 is 2.63. The zero-order valence-corrected chi connectivity index (χ0v) is 20.4. The predicted octanol–water partition coefficient (Wildman–Crippen LogP) is 10.3. The van der Waals surface area contributed by atoms with Crippen molar-refractivity contribution >= 4 is 53.7 Å². The van der Waals surface area contributed by atoms with Crippen LogP contribution in [-0.4, -0.2) is 0 Å². The highest BCUT2D eigenvalue weighted by atomic mass is 32.1. The van der Waals surface area contributed by atoms with E-state index in [-0.39, 0.29) is 0 Å². The van der Waals surface area contributed by atoms with Crippen molar-refractivity contribution in [3.05, 3.63) is 133 Å². The minimum atomic E-state index is 1.09. The van der Waals surface area contributed by atoms with Crippen LogP contribution in [0.25, 0.3) is 53.2 Å². The maximum atomic E-state index is 3.71. The lowest BCUT2D eigenvalue weighted by Crippen LogP contribution is -1.91. The van der Waals surface area contributed by atoms with Gasteiger partial charge in [0.1, 0.15) is 0 Å². The van der Waals surface area contributed by atoms with Crippen LogP contribution in [-0.2, 0) is 0 Å². The molecule has 0 atom stereocenters. The molecular weight excluding hydrogens is 454 g/mol. The highest BCUT2D eigenvalue weighted by Gasteiger charge is 2.13. The molecule has 1 aromatic heterocycles. The smallest absolute Gasteiger partial charge is 0.0478 e. The van der Waals surface area contributed by atoms with Gasteiger partial charge in [0.25, 0.3) is 0 Å². The van der Waals surface area contributed by atoms with Gasteiger partial charge in [-0.1, -0.05) is 109 Å². The van der Waals surface area contributed by atoms with Crippen LogP contribution >= 0.6 is 11.3 Å². The summed E-state index contributed by atoms with van der Waals surface area (Å²) in [6.07, 6.45) is 0. The van der Waals surface area contributed by atoms with Gasteiger partial charge in [0.15, 0.2) is 0 Å². The van der Waals surface area contributed by atoms with Crippen LogP contribution in [0, 0.1) is 0 Å². The highest BCUT2D eigenvalue weighted by molar-refractivity contribution is 7.26. The Balaban J connectivity index is 1.28. The van der Waals surface area contributed by atoms with E-state index in [0.29, 0.717) is 0 Å². The van der Waals surface area contributed by atoms with Gasteiger partial charge in [0, 0.05) is 31.5 Å². The normalized spacial score (nSPS) is 11.3. The molecule has 0 spiro atoms. The van der Waals surface area contributed by atoms with Crippen molar-refractivity contribution in [3.63, 3.8) is 0 Å². The monoisotopic (exact) mass is 477 g/mol. The summed E-state index contributed by atoms with van der Waals surface area (Å²) >= 11 is 1.87. The van der Waals surface area contributed by atoms with Crippen LogP contribution in [0.3, 0.4) is 0 Å². The zero-order chi connectivity index (χ0) is 23.9. The first kappa shape index (κ1) is 20.9. The summed E-state index contributed by atoms with van der Waals surface area (Å²) in [5, 5.41) is 8.84. The van der Waals surface area contributed by atoms with E-state index >= 15 is 0 Å². The molecule has 36 heavy (non-hydrogen) atoms. The van der Waals surface area contributed by atoms with Crippen LogP contribution < -0.4 is 5.32 Å². The lowest BCUT2D eigenvalue weighted by molar-refractivity contribution is 1.58. The molecule has 0 fully saturated rings. The molecule has 1 nitrogen and oxygen atoms in total. The van der Waals surface area contributed by atoms with Crippen molar-refractivity contribution in [3.8, 4) is 22.3 Å². The molecule has 1 N–H and O–H groups in total. The Hall–Kier alpha value is -4.40. The molecule has 0 aliphatic rings. The van der Waals surface area contributed by atoms with Gasteiger partial charge in [0.2, 0.25) is 0 Å². The van der Waals surface area contributed by atoms with Crippen LogP contribution in [0.2, 0.25) is 0 Å². The van der Waals surface area contributed by atoms with Gasteiger partial charge in [-0.25, -0.2) is 0 Å². The lowest BCUT2D eigenvalue weighted by atomic mass is 9.98. The third kappa shape index (κ3) is 3.55. The quantitative estimate of drug-likeness (QED) is 0.266. The van der Waals surface area contributed by atoms with Gasteiger partial charge in [-0.2, -0.15) is 0 Å². The highest BCUT2D eigenvalue weighted by Crippen LogP contribution is 2.43. The molecule has 7 rings (SSSR count). The minimum absolute atomic E-state index is 1.09. The summed E-state index contributed by atoms with van der Waals surface area (Å²) in [4.78, 5) is 0. The van der Waals surface area contributed by atoms with Gasteiger partial charge in [-0.3, -0.25) is 0 Å². The van der Waals surface area contributed by atoms with E-state index in [1.165, 1.54) is 53.2 Å². The number of fused-ring (bicyclic) bond motifs is 4. The second kappa shape index (κ2) is 8.67. The number of thiophene rings is 1. The largest absolute Gasteiger partial charge is 0.355 e. The van der Waals surface area contributed by atoms with E-state index in [1.54, 1.807) is 0 Å². The van der Waals surface area contributed by atoms with Gasteiger partial charge >= 0.3 is 0 Å². The summed E-state index contributed by atoms with van der Waals surface area (Å²) in [5.41, 5.74) is 7.27. The van der Waals surface area contributed by atoms with E-state index in [4.69, 9.17) is 0 Å². The summed E-state index contributed by atoms with van der Waals surface area (Å²) in [6, 6.07) is 47.7. The molecule has 0 unspecified atom stereocenters.